The quantitative estimate of drug-likeness (QED) is 0.719. The molecule has 0 aliphatic heterocycles. The van der Waals surface area contributed by atoms with E-state index in [2.05, 4.69) is 51.9 Å². The number of methoxy groups -OCH3 is 1. The number of rotatable bonds is 2. The molecule has 70 valence electrons. The molecular weight excluding hydrogens is 294 g/mol. The molecule has 0 saturated heterocycles. The predicted octanol–water partition coefficient (Wildman–Crippen LogP) is 0.406. The van der Waals surface area contributed by atoms with E-state index in [1.165, 1.54) is 10.0 Å². The third-order valence-electron chi connectivity index (χ3n) is 1.95. The van der Waals surface area contributed by atoms with Gasteiger partial charge in [-0.1, -0.05) is 0 Å². The molecule has 0 aliphatic rings. The van der Waals surface area contributed by atoms with Crippen LogP contribution in [0.5, 0.6) is 5.75 Å². The van der Waals surface area contributed by atoms with Crippen LogP contribution in [0, 0.1) is 0 Å². The van der Waals surface area contributed by atoms with Gasteiger partial charge in [-0.15, -0.1) is 0 Å². The number of hydrogen-bond acceptors (Lipinski definition) is 1. The van der Waals surface area contributed by atoms with Gasteiger partial charge in [0, 0.05) is 0 Å². The van der Waals surface area contributed by atoms with Crippen LogP contribution >= 0.6 is 0 Å². The Morgan fingerprint density at radius 1 is 1.15 bits per heavy atom. The molecule has 0 unspecified atom stereocenters. The summed E-state index contributed by atoms with van der Waals surface area (Å²) in [6.07, 6.45) is 0. The van der Waals surface area contributed by atoms with Crippen LogP contribution in [-0.4, -0.2) is 39.1 Å². The van der Waals surface area contributed by atoms with E-state index in [0.29, 0.717) is 5.92 Å². The molecule has 0 atom stereocenters. The van der Waals surface area contributed by atoms with Crippen LogP contribution in [0.2, 0.25) is 0 Å². The van der Waals surface area contributed by atoms with Crippen molar-refractivity contribution in [3.05, 3.63) is 17.7 Å². The van der Waals surface area contributed by atoms with Gasteiger partial charge in [-0.3, -0.25) is 0 Å². The second-order valence-electron chi connectivity index (χ2n) is 3.17. The van der Waals surface area contributed by atoms with Crippen molar-refractivity contribution in [3.8, 4) is 5.75 Å². The summed E-state index contributed by atoms with van der Waals surface area (Å²) in [5.74, 6) is 1.44. The molecule has 1 nitrogen and oxygen atoms in total. The van der Waals surface area contributed by atoms with Gasteiger partial charge in [0.15, 0.2) is 0 Å². The number of ether oxygens (including phenoxy) is 1. The van der Waals surface area contributed by atoms with Gasteiger partial charge in [0.25, 0.3) is 0 Å². The monoisotopic (exact) mass is 308 g/mol. The summed E-state index contributed by atoms with van der Waals surface area (Å²) in [6.45, 7) is 4.37. The van der Waals surface area contributed by atoms with Crippen LogP contribution in [0.15, 0.2) is 12.1 Å². The fourth-order valence-electron chi connectivity index (χ4n) is 1.18. The fraction of sp³-hybridized carbons (Fsp3) is 0.400. The van der Waals surface area contributed by atoms with E-state index >= 15 is 0 Å². The fourth-order valence-corrected chi connectivity index (χ4v) is 2.59. The summed E-state index contributed by atoms with van der Waals surface area (Å²) in [4.78, 5) is 0. The van der Waals surface area contributed by atoms with Crippen LogP contribution in [-0.2, 0) is 0 Å². The van der Waals surface area contributed by atoms with Gasteiger partial charge in [-0.2, -0.15) is 0 Å². The molecule has 1 rings (SSSR count). The normalized spacial score (nSPS) is 10.5. The van der Waals surface area contributed by atoms with E-state index in [1.54, 1.807) is 7.11 Å². The minimum absolute atomic E-state index is 0.536. The van der Waals surface area contributed by atoms with Crippen molar-refractivity contribution in [2.45, 2.75) is 19.8 Å². The SMILES string of the molecule is COc1ccc(C(C)C)c([Se])c1[Se]. The summed E-state index contributed by atoms with van der Waals surface area (Å²) >= 11 is 6.11. The van der Waals surface area contributed by atoms with E-state index in [4.69, 9.17) is 4.74 Å². The van der Waals surface area contributed by atoms with Crippen molar-refractivity contribution in [2.75, 3.05) is 7.11 Å². The third-order valence-corrected chi connectivity index (χ3v) is 4.38. The molecule has 0 fully saturated rings. The molecule has 0 N–H and O–H groups in total. The maximum atomic E-state index is 5.21. The summed E-state index contributed by atoms with van der Waals surface area (Å²) in [5.41, 5.74) is 1.33. The van der Waals surface area contributed by atoms with Gasteiger partial charge in [0.2, 0.25) is 0 Å². The Bertz CT molecular complexity index is 308. The summed E-state index contributed by atoms with van der Waals surface area (Å²) in [7, 11) is 1.69. The average Bonchev–Trinajstić information content (AvgIpc) is 2.09. The van der Waals surface area contributed by atoms with E-state index < -0.39 is 0 Å². The van der Waals surface area contributed by atoms with E-state index in [-0.39, 0.29) is 0 Å². The zero-order valence-corrected chi connectivity index (χ0v) is 11.4. The first-order valence-corrected chi connectivity index (χ1v) is 5.84. The molecule has 0 amide bonds. The molecule has 0 heterocycles. The molecule has 0 aliphatic carbocycles. The Balaban J connectivity index is 3.23. The molecule has 0 bridgehead atoms. The minimum atomic E-state index is 0.536. The Hall–Kier alpha value is 0.0590. The first-order chi connectivity index (χ1) is 6.07. The zero-order chi connectivity index (χ0) is 10.0. The summed E-state index contributed by atoms with van der Waals surface area (Å²) in [5, 5.41) is 0. The van der Waals surface area contributed by atoms with Gasteiger partial charge in [-0.25, -0.2) is 0 Å². The Morgan fingerprint density at radius 2 is 1.77 bits per heavy atom. The van der Waals surface area contributed by atoms with Crippen LogP contribution in [0.1, 0.15) is 25.3 Å². The number of hydrogen-bond donors (Lipinski definition) is 0. The Kier molecular flexibility index (Phi) is 3.87. The molecular formula is C10H12OSe2. The van der Waals surface area contributed by atoms with Crippen molar-refractivity contribution in [1.82, 2.24) is 0 Å². The van der Waals surface area contributed by atoms with Gasteiger partial charge in [-0.05, 0) is 0 Å². The second kappa shape index (κ2) is 4.52. The molecule has 0 saturated carbocycles. The van der Waals surface area contributed by atoms with Crippen molar-refractivity contribution in [2.24, 2.45) is 0 Å². The number of benzene rings is 1. The van der Waals surface area contributed by atoms with Crippen molar-refractivity contribution in [1.29, 1.82) is 0 Å². The molecule has 13 heavy (non-hydrogen) atoms. The molecule has 1 aromatic carbocycles. The summed E-state index contributed by atoms with van der Waals surface area (Å²) < 4.78 is 7.46. The van der Waals surface area contributed by atoms with Crippen molar-refractivity contribution in [3.63, 3.8) is 0 Å². The van der Waals surface area contributed by atoms with Gasteiger partial charge in [0.1, 0.15) is 0 Å². The molecule has 3 heteroatoms. The first kappa shape index (κ1) is 11.1. The molecule has 0 spiro atoms. The summed E-state index contributed by atoms with van der Waals surface area (Å²) in [6, 6.07) is 4.11. The van der Waals surface area contributed by atoms with Crippen molar-refractivity contribution < 1.29 is 4.74 Å². The van der Waals surface area contributed by atoms with Crippen LogP contribution < -0.4 is 13.7 Å². The Labute approximate surface area is 95.9 Å². The van der Waals surface area contributed by atoms with Gasteiger partial charge < -0.3 is 0 Å². The molecule has 0 aromatic heterocycles. The second-order valence-corrected chi connectivity index (χ2v) is 4.88. The molecule has 2 radical (unpaired) electrons. The van der Waals surface area contributed by atoms with Gasteiger partial charge in [0.05, 0.1) is 0 Å². The predicted molar refractivity (Wildman–Crippen MR) is 57.9 cm³/mol. The topological polar surface area (TPSA) is 9.23 Å². The molecule has 1 aromatic rings. The zero-order valence-electron chi connectivity index (χ0n) is 7.96. The van der Waals surface area contributed by atoms with Crippen LogP contribution in [0.25, 0.3) is 0 Å². The van der Waals surface area contributed by atoms with Crippen molar-refractivity contribution >= 4 is 40.9 Å². The van der Waals surface area contributed by atoms with Crippen LogP contribution in [0.3, 0.4) is 0 Å². The maximum absolute atomic E-state index is 5.21. The third kappa shape index (κ3) is 2.29. The average molecular weight is 306 g/mol. The van der Waals surface area contributed by atoms with E-state index in [1.807, 2.05) is 6.07 Å². The first-order valence-electron chi connectivity index (χ1n) is 4.12. The van der Waals surface area contributed by atoms with Crippen LogP contribution in [0.4, 0.5) is 0 Å². The standard InChI is InChI=1S/C10H12OSe2/c1-6(2)7-4-5-8(11-3)10(13)9(7)12/h4-6H,1-3H3. The van der Waals surface area contributed by atoms with Gasteiger partial charge >= 0.3 is 96.0 Å². The van der Waals surface area contributed by atoms with E-state index in [9.17, 15) is 0 Å². The Morgan fingerprint density at radius 3 is 2.23 bits per heavy atom. The van der Waals surface area contributed by atoms with E-state index in [0.717, 1.165) is 10.2 Å².